The van der Waals surface area contributed by atoms with Crippen molar-refractivity contribution in [1.82, 2.24) is 15.2 Å². The first-order valence-electron chi connectivity index (χ1n) is 8.55. The molecule has 1 unspecified atom stereocenters. The molecule has 0 aliphatic carbocycles. The number of aromatic nitrogens is 1. The standard InChI is InChI=1S/C19H22N4O3/c20-14-6-7-15(21-12-14)10-18(24)22-16-11-19(25)23(13-16)8-9-26-17-4-2-1-3-5-17/h1-7,12,16H,8-11,13,20H2,(H,22,24). The largest absolute Gasteiger partial charge is 0.492 e. The molecule has 26 heavy (non-hydrogen) atoms. The van der Waals surface area contributed by atoms with Crippen LogP contribution in [0.1, 0.15) is 12.1 Å². The number of ether oxygens (including phenoxy) is 1. The third kappa shape index (κ3) is 4.95. The SMILES string of the molecule is Nc1ccc(CC(=O)NC2CC(=O)N(CCOc3ccccc3)C2)nc1. The molecule has 1 saturated heterocycles. The van der Waals surface area contributed by atoms with Crippen LogP contribution in [0.5, 0.6) is 5.75 Å². The van der Waals surface area contributed by atoms with E-state index in [4.69, 9.17) is 10.5 Å². The Morgan fingerprint density at radius 3 is 2.81 bits per heavy atom. The number of nitrogens with zero attached hydrogens (tertiary/aromatic N) is 2. The van der Waals surface area contributed by atoms with E-state index in [0.29, 0.717) is 37.5 Å². The van der Waals surface area contributed by atoms with Crippen molar-refractivity contribution < 1.29 is 14.3 Å². The van der Waals surface area contributed by atoms with Crippen LogP contribution in [0.3, 0.4) is 0 Å². The van der Waals surface area contributed by atoms with E-state index in [1.807, 2.05) is 30.3 Å². The number of para-hydroxylation sites is 1. The average molecular weight is 354 g/mol. The molecule has 3 rings (SSSR count). The number of carbonyl (C=O) groups is 2. The normalized spacial score (nSPS) is 16.5. The zero-order chi connectivity index (χ0) is 18.4. The van der Waals surface area contributed by atoms with Gasteiger partial charge in [0.1, 0.15) is 12.4 Å². The van der Waals surface area contributed by atoms with Crippen LogP contribution in [0.4, 0.5) is 5.69 Å². The highest BCUT2D eigenvalue weighted by Crippen LogP contribution is 2.13. The van der Waals surface area contributed by atoms with E-state index in [1.165, 1.54) is 6.20 Å². The van der Waals surface area contributed by atoms with Gasteiger partial charge in [-0.25, -0.2) is 0 Å². The molecule has 1 aliphatic rings. The zero-order valence-corrected chi connectivity index (χ0v) is 14.4. The van der Waals surface area contributed by atoms with Crippen molar-refractivity contribution in [3.05, 3.63) is 54.4 Å². The van der Waals surface area contributed by atoms with Crippen LogP contribution in [0.25, 0.3) is 0 Å². The Hall–Kier alpha value is -3.09. The summed E-state index contributed by atoms with van der Waals surface area (Å²) in [6.07, 6.45) is 2.00. The molecule has 1 aliphatic heterocycles. The number of likely N-dealkylation sites (tertiary alicyclic amines) is 1. The maximum Gasteiger partial charge on any atom is 0.226 e. The van der Waals surface area contributed by atoms with Gasteiger partial charge in [0.05, 0.1) is 30.9 Å². The molecular weight excluding hydrogens is 332 g/mol. The van der Waals surface area contributed by atoms with Crippen molar-refractivity contribution in [2.45, 2.75) is 18.9 Å². The number of hydrogen-bond acceptors (Lipinski definition) is 5. The molecule has 0 saturated carbocycles. The average Bonchev–Trinajstić information content (AvgIpc) is 2.97. The number of nitrogen functional groups attached to an aromatic ring is 1. The van der Waals surface area contributed by atoms with Crippen LogP contribution >= 0.6 is 0 Å². The maximum atomic E-state index is 12.1. The lowest BCUT2D eigenvalue weighted by Gasteiger charge is -2.17. The van der Waals surface area contributed by atoms with Crippen LogP contribution in [-0.2, 0) is 16.0 Å². The van der Waals surface area contributed by atoms with E-state index < -0.39 is 0 Å². The van der Waals surface area contributed by atoms with E-state index in [0.717, 1.165) is 5.75 Å². The van der Waals surface area contributed by atoms with Crippen LogP contribution in [0, 0.1) is 0 Å². The van der Waals surface area contributed by atoms with Crippen LogP contribution in [0.15, 0.2) is 48.7 Å². The predicted molar refractivity (Wildman–Crippen MR) is 97.4 cm³/mol. The summed E-state index contributed by atoms with van der Waals surface area (Å²) < 4.78 is 5.62. The number of carbonyl (C=O) groups excluding carboxylic acids is 2. The van der Waals surface area contributed by atoms with E-state index >= 15 is 0 Å². The molecule has 7 heteroatoms. The number of nitrogens with two attached hydrogens (primary N) is 1. The van der Waals surface area contributed by atoms with Crippen molar-refractivity contribution in [3.8, 4) is 5.75 Å². The number of nitrogens with one attached hydrogen (secondary N) is 1. The molecule has 2 amide bonds. The summed E-state index contributed by atoms with van der Waals surface area (Å²) in [4.78, 5) is 30.1. The topological polar surface area (TPSA) is 97.5 Å². The number of hydrogen-bond donors (Lipinski definition) is 2. The number of pyridine rings is 1. The van der Waals surface area contributed by atoms with E-state index in [1.54, 1.807) is 17.0 Å². The van der Waals surface area contributed by atoms with Crippen molar-refractivity contribution in [2.24, 2.45) is 0 Å². The van der Waals surface area contributed by atoms with Crippen molar-refractivity contribution in [3.63, 3.8) is 0 Å². The third-order valence-corrected chi connectivity index (χ3v) is 4.14. The minimum absolute atomic E-state index is 0.0255. The van der Waals surface area contributed by atoms with E-state index in [9.17, 15) is 9.59 Å². The quantitative estimate of drug-likeness (QED) is 0.773. The summed E-state index contributed by atoms with van der Waals surface area (Å²) in [6.45, 7) is 1.42. The molecule has 3 N–H and O–H groups in total. The summed E-state index contributed by atoms with van der Waals surface area (Å²) in [5.74, 6) is 0.653. The van der Waals surface area contributed by atoms with Gasteiger partial charge in [-0.3, -0.25) is 14.6 Å². The molecule has 0 spiro atoms. The van der Waals surface area contributed by atoms with Gasteiger partial charge >= 0.3 is 0 Å². The molecular formula is C19H22N4O3. The molecule has 2 aromatic rings. The molecule has 7 nitrogen and oxygen atoms in total. The highest BCUT2D eigenvalue weighted by Gasteiger charge is 2.30. The number of rotatable bonds is 7. The van der Waals surface area contributed by atoms with Gasteiger partial charge in [-0.05, 0) is 24.3 Å². The van der Waals surface area contributed by atoms with Gasteiger partial charge in [0.2, 0.25) is 11.8 Å². The van der Waals surface area contributed by atoms with E-state index in [-0.39, 0.29) is 24.3 Å². The Morgan fingerprint density at radius 1 is 1.27 bits per heavy atom. The van der Waals surface area contributed by atoms with Crippen molar-refractivity contribution in [1.29, 1.82) is 0 Å². The lowest BCUT2D eigenvalue weighted by Crippen LogP contribution is -2.38. The Balaban J connectivity index is 1.42. The van der Waals surface area contributed by atoms with Gasteiger partial charge in [-0.1, -0.05) is 18.2 Å². The monoisotopic (exact) mass is 354 g/mol. The molecule has 0 radical (unpaired) electrons. The zero-order valence-electron chi connectivity index (χ0n) is 14.4. The van der Waals surface area contributed by atoms with Gasteiger partial charge < -0.3 is 20.7 Å². The molecule has 1 atom stereocenters. The third-order valence-electron chi connectivity index (χ3n) is 4.14. The molecule has 1 fully saturated rings. The van der Waals surface area contributed by atoms with Crippen LogP contribution in [0.2, 0.25) is 0 Å². The highest BCUT2D eigenvalue weighted by atomic mass is 16.5. The molecule has 2 heterocycles. The Morgan fingerprint density at radius 2 is 2.08 bits per heavy atom. The fourth-order valence-corrected chi connectivity index (χ4v) is 2.86. The van der Waals surface area contributed by atoms with Gasteiger partial charge in [-0.15, -0.1) is 0 Å². The predicted octanol–water partition coefficient (Wildman–Crippen LogP) is 1.00. The number of benzene rings is 1. The first-order valence-corrected chi connectivity index (χ1v) is 8.55. The smallest absolute Gasteiger partial charge is 0.226 e. The van der Waals surface area contributed by atoms with Crippen molar-refractivity contribution in [2.75, 3.05) is 25.4 Å². The molecule has 1 aromatic carbocycles. The van der Waals surface area contributed by atoms with Crippen molar-refractivity contribution >= 4 is 17.5 Å². The molecule has 1 aromatic heterocycles. The summed E-state index contributed by atoms with van der Waals surface area (Å²) >= 11 is 0. The minimum atomic E-state index is -0.180. The Labute approximate surface area is 152 Å². The summed E-state index contributed by atoms with van der Waals surface area (Å²) in [5.41, 5.74) is 6.79. The van der Waals surface area contributed by atoms with Crippen LogP contribution < -0.4 is 15.8 Å². The molecule has 136 valence electrons. The fraction of sp³-hybridized carbons (Fsp3) is 0.316. The number of anilines is 1. The lowest BCUT2D eigenvalue weighted by molar-refractivity contribution is -0.128. The Kier molecular flexibility index (Phi) is 5.68. The Bertz CT molecular complexity index is 749. The fourth-order valence-electron chi connectivity index (χ4n) is 2.86. The first-order chi connectivity index (χ1) is 12.6. The number of amides is 2. The minimum Gasteiger partial charge on any atom is -0.492 e. The second-order valence-corrected chi connectivity index (χ2v) is 6.23. The van der Waals surface area contributed by atoms with Gasteiger partial charge in [-0.2, -0.15) is 0 Å². The van der Waals surface area contributed by atoms with E-state index in [2.05, 4.69) is 10.3 Å². The second-order valence-electron chi connectivity index (χ2n) is 6.23. The highest BCUT2D eigenvalue weighted by molar-refractivity contribution is 5.83. The maximum absolute atomic E-state index is 12.1. The summed E-state index contributed by atoms with van der Waals surface area (Å²) in [6, 6.07) is 12.7. The lowest BCUT2D eigenvalue weighted by atomic mass is 10.2. The molecule has 0 bridgehead atoms. The van der Waals surface area contributed by atoms with Gasteiger partial charge in [0.25, 0.3) is 0 Å². The summed E-state index contributed by atoms with van der Waals surface area (Å²) in [5, 5.41) is 2.90. The second kappa shape index (κ2) is 8.33. The summed E-state index contributed by atoms with van der Waals surface area (Å²) in [7, 11) is 0. The van der Waals surface area contributed by atoms with Gasteiger partial charge in [0.15, 0.2) is 0 Å². The first kappa shape index (κ1) is 17.7. The van der Waals surface area contributed by atoms with Crippen LogP contribution in [-0.4, -0.2) is 47.4 Å². The van der Waals surface area contributed by atoms with Gasteiger partial charge in [0, 0.05) is 18.7 Å².